The molecule has 10 aromatic rings. The maximum atomic E-state index is 12.8. The molecule has 2 atom stereocenters. The molecule has 119 heavy (non-hydrogen) atoms. The summed E-state index contributed by atoms with van der Waals surface area (Å²) in [4.78, 5) is 108. The number of aromatic carboxylic acids is 2. The lowest BCUT2D eigenvalue weighted by Crippen LogP contribution is -2.27. The number of esters is 2. The van der Waals surface area contributed by atoms with E-state index in [1.54, 1.807) is 185 Å². The number of halogens is 4. The second-order valence-electron chi connectivity index (χ2n) is 28.6. The first-order chi connectivity index (χ1) is 55.6. The Morgan fingerprint density at radius 2 is 0.798 bits per heavy atom. The van der Waals surface area contributed by atoms with Crippen LogP contribution in [-0.2, 0) is 82.3 Å². The van der Waals surface area contributed by atoms with Crippen molar-refractivity contribution in [1.29, 1.82) is 0 Å². The first-order valence-corrected chi connectivity index (χ1v) is 40.8. The van der Waals surface area contributed by atoms with E-state index in [2.05, 4.69) is 124 Å². The number of amides is 3. The van der Waals surface area contributed by atoms with Crippen LogP contribution in [0.1, 0.15) is 182 Å². The molecule has 0 aliphatic carbocycles. The molecule has 0 aromatic carbocycles. The number of nitrogens with one attached hydrogen (secondary N) is 4. The Labute approximate surface area is 713 Å². The van der Waals surface area contributed by atoms with Crippen LogP contribution in [0.2, 0.25) is 10.3 Å². The molecule has 0 saturated carbocycles. The molecule has 0 aliphatic heterocycles. The average molecular weight is 1830 g/mol. The van der Waals surface area contributed by atoms with Crippen LogP contribution in [0.15, 0.2) is 94.4 Å². The van der Waals surface area contributed by atoms with Crippen molar-refractivity contribution in [2.45, 2.75) is 200 Å². The van der Waals surface area contributed by atoms with Crippen LogP contribution in [-0.4, -0.2) is 174 Å². The number of hydrogen-bond acceptors (Lipinski definition) is 28. The number of carboxylic acids is 2. The molecular formula is C76H94Br2Cl2N22O16S. The standard InChI is InChI=1S/C24H29ClN6O4.C20H23ClN6O4S.C16H21N5O4.C11H15BrN2O2.C5H6BrN3O2/c1-7-31-19(13-20(32)34-15(3)16-9-8-12-26-22(16)25)21(29-30-31)18-11-10-17(14(2)27-18)28-23(33)35-24(4,5)6;1-5-27-17(11-18(28)31-13(3)14-7-6-10-22-20(14)21)19(24-26-27)16-9-8-15(12(2)23-16)25-32(4,29)30;1-6-21-13(14(22)23)12(19-20-21)11-8-7-10(9(2)17-11)18-15(24)25-16(3,4)5;1-7-8(5-6-9(12)13-7)14-10(15)16-11(2,3)4;1-2-9-3(5(10)11)4(6)7-8-9/h8-12,15H,7,13H2,1-6H3,(H,28,33);6-10,13,25H,5,11H2,1-4H3;7-8H,6H2,1-5H3,(H,18,24)(H,22,23);5-6H,1-4H3,(H,14,15);2H2,1H3,(H,10,11)/t15-;13-;;;/m11.../s1. The van der Waals surface area contributed by atoms with Gasteiger partial charge in [-0.1, -0.05) is 56.2 Å². The summed E-state index contributed by atoms with van der Waals surface area (Å²) in [5.41, 5.74) is 7.35. The fourth-order valence-corrected chi connectivity index (χ4v) is 12.4. The summed E-state index contributed by atoms with van der Waals surface area (Å²) in [6.07, 6.45) is 1.27. The highest BCUT2D eigenvalue weighted by Crippen LogP contribution is 2.31. The fourth-order valence-electron chi connectivity index (χ4n) is 10.4. The Morgan fingerprint density at radius 3 is 1.13 bits per heavy atom. The van der Waals surface area contributed by atoms with Crippen LogP contribution < -0.4 is 20.7 Å². The molecule has 638 valence electrons. The van der Waals surface area contributed by atoms with Gasteiger partial charge in [-0.05, 0) is 224 Å². The summed E-state index contributed by atoms with van der Waals surface area (Å²) < 4.78 is 59.0. The predicted octanol–water partition coefficient (Wildman–Crippen LogP) is 14.8. The normalized spacial score (nSPS) is 11.7. The van der Waals surface area contributed by atoms with Crippen molar-refractivity contribution in [1.82, 2.24) is 89.9 Å². The van der Waals surface area contributed by atoms with Crippen LogP contribution in [0.5, 0.6) is 0 Å². The number of rotatable bonds is 22. The monoisotopic (exact) mass is 1830 g/mol. The summed E-state index contributed by atoms with van der Waals surface area (Å²) in [5, 5.41) is 58.1. The maximum absolute atomic E-state index is 12.8. The van der Waals surface area contributed by atoms with Crippen molar-refractivity contribution >= 4 is 130 Å². The minimum atomic E-state index is -3.44. The Hall–Kier alpha value is -11.6. The van der Waals surface area contributed by atoms with E-state index in [1.165, 1.54) is 9.36 Å². The van der Waals surface area contributed by atoms with E-state index < -0.39 is 81.2 Å². The van der Waals surface area contributed by atoms with Gasteiger partial charge < -0.3 is 33.9 Å². The van der Waals surface area contributed by atoms with Gasteiger partial charge in [0.1, 0.15) is 61.0 Å². The van der Waals surface area contributed by atoms with Crippen molar-refractivity contribution < 1.29 is 75.9 Å². The lowest BCUT2D eigenvalue weighted by Gasteiger charge is -2.20. The number of nitrogens with zero attached hydrogens (tertiary/aromatic N) is 18. The van der Waals surface area contributed by atoms with E-state index in [-0.39, 0.29) is 44.8 Å². The van der Waals surface area contributed by atoms with Crippen molar-refractivity contribution in [3.05, 3.63) is 161 Å². The number of carbonyl (C=O) groups excluding carboxylic acids is 5. The second-order valence-corrected chi connectivity index (χ2v) is 32.6. The predicted molar refractivity (Wildman–Crippen MR) is 448 cm³/mol. The van der Waals surface area contributed by atoms with Gasteiger partial charge in [0, 0.05) is 49.7 Å². The highest BCUT2D eigenvalue weighted by atomic mass is 79.9. The van der Waals surface area contributed by atoms with Gasteiger partial charge in [-0.2, -0.15) is 0 Å². The first-order valence-electron chi connectivity index (χ1n) is 36.6. The van der Waals surface area contributed by atoms with Gasteiger partial charge in [-0.25, -0.2) is 81.0 Å². The van der Waals surface area contributed by atoms with Crippen LogP contribution in [0.25, 0.3) is 34.2 Å². The number of carbonyl (C=O) groups is 7. The van der Waals surface area contributed by atoms with Crippen molar-refractivity contribution in [2.75, 3.05) is 26.9 Å². The molecule has 0 unspecified atom stereocenters. The van der Waals surface area contributed by atoms with E-state index in [0.29, 0.717) is 117 Å². The van der Waals surface area contributed by atoms with Gasteiger partial charge in [0.2, 0.25) is 10.0 Å². The molecule has 10 heterocycles. The summed E-state index contributed by atoms with van der Waals surface area (Å²) in [5.74, 6) is -3.10. The molecule has 0 aliphatic rings. The SMILES string of the molecule is CCn1nnc(-c2ccc(NC(=O)OC(C)(C)C)c(C)n2)c1C(=O)O.CCn1nnc(-c2ccc(NC(=O)OC(C)(C)C)c(C)n2)c1CC(=O)O[C@H](C)c1cccnc1Cl.CCn1nnc(-c2ccc(NS(C)(=O)=O)c(C)n2)c1CC(=O)O[C@H](C)c1cccnc1Cl.CCn1nnc(Br)c1C(=O)O.Cc1nc(Br)ccc1NC(=O)OC(C)(C)C. The third-order valence-corrected chi connectivity index (χ3v) is 17.8. The number of aryl methyl sites for hydroxylation is 8. The zero-order chi connectivity index (χ0) is 88.8. The van der Waals surface area contributed by atoms with Crippen LogP contribution in [0.3, 0.4) is 0 Å². The minimum Gasteiger partial charge on any atom is -0.476 e. The van der Waals surface area contributed by atoms with Gasteiger partial charge in [-0.15, -0.1) is 20.4 Å². The topological polar surface area (TPSA) is 489 Å². The number of pyridine rings is 6. The van der Waals surface area contributed by atoms with Crippen LogP contribution >= 0.6 is 55.1 Å². The van der Waals surface area contributed by atoms with Crippen LogP contribution in [0.4, 0.5) is 37.1 Å². The Bertz CT molecular complexity index is 5390. The smallest absolute Gasteiger partial charge is 0.412 e. The van der Waals surface area contributed by atoms with E-state index in [4.69, 9.17) is 52.0 Å². The molecule has 0 spiro atoms. The molecule has 0 fully saturated rings. The van der Waals surface area contributed by atoms with Gasteiger partial charge >= 0.3 is 42.2 Å². The Morgan fingerprint density at radius 1 is 0.471 bits per heavy atom. The van der Waals surface area contributed by atoms with E-state index in [1.807, 2.05) is 41.5 Å². The summed E-state index contributed by atoms with van der Waals surface area (Å²) >= 11 is 18.4. The molecule has 0 radical (unpaired) electrons. The fraction of sp³-hybridized carbons (Fsp3) is 0.408. The number of sulfonamides is 1. The lowest BCUT2D eigenvalue weighted by atomic mass is 10.1. The molecule has 0 saturated heterocycles. The number of ether oxygens (including phenoxy) is 5. The molecule has 10 aromatic heterocycles. The van der Waals surface area contributed by atoms with E-state index in [9.17, 15) is 47.1 Å². The third-order valence-electron chi connectivity index (χ3n) is 15.6. The van der Waals surface area contributed by atoms with Gasteiger partial charge in [0.05, 0.1) is 93.1 Å². The number of anilines is 4. The van der Waals surface area contributed by atoms with E-state index >= 15 is 0 Å². The van der Waals surface area contributed by atoms with E-state index in [0.717, 1.165) is 16.6 Å². The lowest BCUT2D eigenvalue weighted by molar-refractivity contribution is -0.148. The number of hydrogen-bond donors (Lipinski definition) is 6. The zero-order valence-electron chi connectivity index (χ0n) is 69.1. The average Bonchev–Trinajstić information content (AvgIpc) is 1.69. The summed E-state index contributed by atoms with van der Waals surface area (Å²) in [7, 11) is -3.44. The molecule has 10 rings (SSSR count). The first kappa shape index (κ1) is 96.3. The molecule has 6 N–H and O–H groups in total. The third kappa shape index (κ3) is 29.5. The van der Waals surface area contributed by atoms with Gasteiger partial charge in [-0.3, -0.25) is 30.3 Å². The second kappa shape index (κ2) is 42.7. The number of carboxylic acid groups (broad SMARTS) is 2. The minimum absolute atomic E-state index is 0.0257. The van der Waals surface area contributed by atoms with Gasteiger partial charge in [0.15, 0.2) is 16.0 Å². The van der Waals surface area contributed by atoms with Crippen molar-refractivity contribution in [3.63, 3.8) is 0 Å². The van der Waals surface area contributed by atoms with Gasteiger partial charge in [0.25, 0.3) is 0 Å². The zero-order valence-corrected chi connectivity index (χ0v) is 74.6. The summed E-state index contributed by atoms with van der Waals surface area (Å²) in [6.45, 7) is 35.8. The van der Waals surface area contributed by atoms with Crippen molar-refractivity contribution in [3.8, 4) is 34.2 Å². The van der Waals surface area contributed by atoms with Crippen molar-refractivity contribution in [2.24, 2.45) is 0 Å². The molecule has 43 heteroatoms. The summed E-state index contributed by atoms with van der Waals surface area (Å²) in [6, 6.07) is 20.3. The Kier molecular flexibility index (Phi) is 34.6. The largest absolute Gasteiger partial charge is 0.476 e. The maximum Gasteiger partial charge on any atom is 0.412 e. The molecular weight excluding hydrogens is 1740 g/mol. The molecule has 0 bridgehead atoms. The number of aromatic nitrogens is 18. The highest BCUT2D eigenvalue weighted by Gasteiger charge is 2.28. The highest BCUT2D eigenvalue weighted by molar-refractivity contribution is 9.10. The molecule has 38 nitrogen and oxygen atoms in total. The Balaban J connectivity index is 0.000000242. The quantitative estimate of drug-likeness (QED) is 0.0208. The van der Waals surface area contributed by atoms with Crippen LogP contribution in [0, 0.1) is 27.7 Å². The molecule has 3 amide bonds.